The number of amides is 1. The summed E-state index contributed by atoms with van der Waals surface area (Å²) in [5.74, 6) is 1.41. The molecular formula is C19H24N2O2. The molecule has 2 aromatic rings. The average molecular weight is 312 g/mol. The number of hydrogen-bond donors (Lipinski definition) is 1. The summed E-state index contributed by atoms with van der Waals surface area (Å²) in [6.07, 6.45) is 7.89. The van der Waals surface area contributed by atoms with Crippen LogP contribution in [0.3, 0.4) is 0 Å². The van der Waals surface area contributed by atoms with Crippen molar-refractivity contribution in [2.24, 2.45) is 13.0 Å². The third-order valence-corrected chi connectivity index (χ3v) is 5.63. The van der Waals surface area contributed by atoms with Crippen LogP contribution in [-0.2, 0) is 17.3 Å². The molecule has 1 N–H and O–H groups in total. The molecule has 2 aliphatic rings. The van der Waals surface area contributed by atoms with Gasteiger partial charge in [-0.2, -0.15) is 0 Å². The van der Waals surface area contributed by atoms with Gasteiger partial charge in [0.15, 0.2) is 0 Å². The van der Waals surface area contributed by atoms with Gasteiger partial charge < -0.3 is 14.6 Å². The Bertz CT molecular complexity index is 754. The fourth-order valence-electron chi connectivity index (χ4n) is 3.81. The SMILES string of the molecule is COc1ccc2c(c1)c(C1(CNC(=O)C3CC3)CCC1)cn2C. The van der Waals surface area contributed by atoms with E-state index >= 15 is 0 Å². The summed E-state index contributed by atoms with van der Waals surface area (Å²) in [6, 6.07) is 6.26. The van der Waals surface area contributed by atoms with Gasteiger partial charge in [-0.05, 0) is 49.4 Å². The van der Waals surface area contributed by atoms with Crippen LogP contribution in [0.15, 0.2) is 24.4 Å². The molecular weight excluding hydrogens is 288 g/mol. The highest BCUT2D eigenvalue weighted by atomic mass is 16.5. The monoisotopic (exact) mass is 312 g/mol. The van der Waals surface area contributed by atoms with E-state index in [1.807, 2.05) is 6.07 Å². The number of fused-ring (bicyclic) bond motifs is 1. The van der Waals surface area contributed by atoms with Crippen molar-refractivity contribution >= 4 is 16.8 Å². The number of aryl methyl sites for hydroxylation is 1. The summed E-state index contributed by atoms with van der Waals surface area (Å²) in [6.45, 7) is 0.763. The first-order valence-electron chi connectivity index (χ1n) is 8.54. The minimum Gasteiger partial charge on any atom is -0.497 e. The zero-order chi connectivity index (χ0) is 16.0. The summed E-state index contributed by atoms with van der Waals surface area (Å²) in [5, 5.41) is 4.47. The number of rotatable bonds is 5. The van der Waals surface area contributed by atoms with E-state index in [2.05, 4.69) is 35.3 Å². The Balaban J connectivity index is 1.68. The Hall–Kier alpha value is -1.97. The van der Waals surface area contributed by atoms with Crippen molar-refractivity contribution in [2.45, 2.75) is 37.5 Å². The van der Waals surface area contributed by atoms with Crippen LogP contribution >= 0.6 is 0 Å². The fourth-order valence-corrected chi connectivity index (χ4v) is 3.81. The van der Waals surface area contributed by atoms with E-state index in [9.17, 15) is 4.79 Å². The Kier molecular flexibility index (Phi) is 3.36. The second kappa shape index (κ2) is 5.29. The van der Waals surface area contributed by atoms with Gasteiger partial charge in [-0.25, -0.2) is 0 Å². The standard InChI is InChI=1S/C19H24N2O2/c1-21-11-16(15-10-14(23-2)6-7-17(15)21)19(8-3-9-19)12-20-18(22)13-4-5-13/h6-7,10-11,13H,3-5,8-9,12H2,1-2H3,(H,20,22). The maximum absolute atomic E-state index is 12.1. The first-order chi connectivity index (χ1) is 11.1. The van der Waals surface area contributed by atoms with Crippen molar-refractivity contribution in [1.29, 1.82) is 0 Å². The van der Waals surface area contributed by atoms with E-state index in [-0.39, 0.29) is 17.2 Å². The van der Waals surface area contributed by atoms with Crippen molar-refractivity contribution in [2.75, 3.05) is 13.7 Å². The Labute approximate surface area is 136 Å². The quantitative estimate of drug-likeness (QED) is 0.922. The van der Waals surface area contributed by atoms with Crippen LogP contribution in [0.5, 0.6) is 5.75 Å². The third-order valence-electron chi connectivity index (χ3n) is 5.63. The van der Waals surface area contributed by atoms with Crippen LogP contribution in [0.1, 0.15) is 37.7 Å². The van der Waals surface area contributed by atoms with Crippen molar-refractivity contribution in [3.8, 4) is 5.75 Å². The second-order valence-corrected chi connectivity index (χ2v) is 7.16. The molecule has 0 aliphatic heterocycles. The molecule has 0 atom stereocenters. The lowest BCUT2D eigenvalue weighted by atomic mass is 9.64. The smallest absolute Gasteiger partial charge is 0.223 e. The number of carbonyl (C=O) groups excluding carboxylic acids is 1. The number of nitrogens with zero attached hydrogens (tertiary/aromatic N) is 1. The molecule has 2 aliphatic carbocycles. The molecule has 1 amide bonds. The molecule has 0 spiro atoms. The molecule has 4 nitrogen and oxygen atoms in total. The van der Waals surface area contributed by atoms with Gasteiger partial charge >= 0.3 is 0 Å². The molecule has 4 rings (SSSR count). The van der Waals surface area contributed by atoms with Crippen molar-refractivity contribution in [1.82, 2.24) is 9.88 Å². The van der Waals surface area contributed by atoms with Crippen LogP contribution in [0, 0.1) is 5.92 Å². The molecule has 4 heteroatoms. The molecule has 0 radical (unpaired) electrons. The molecule has 0 saturated heterocycles. The maximum Gasteiger partial charge on any atom is 0.223 e. The van der Waals surface area contributed by atoms with Gasteiger partial charge in [-0.1, -0.05) is 6.42 Å². The highest BCUT2D eigenvalue weighted by Crippen LogP contribution is 2.47. The number of ether oxygens (including phenoxy) is 1. The predicted molar refractivity (Wildman–Crippen MR) is 90.7 cm³/mol. The fraction of sp³-hybridized carbons (Fsp3) is 0.526. The van der Waals surface area contributed by atoms with Gasteiger partial charge in [-0.3, -0.25) is 4.79 Å². The molecule has 122 valence electrons. The predicted octanol–water partition coefficient (Wildman–Crippen LogP) is 3.13. The van der Waals surface area contributed by atoms with Gasteiger partial charge in [0.1, 0.15) is 5.75 Å². The second-order valence-electron chi connectivity index (χ2n) is 7.16. The zero-order valence-corrected chi connectivity index (χ0v) is 13.9. The van der Waals surface area contributed by atoms with Gasteiger partial charge in [0.25, 0.3) is 0 Å². The largest absolute Gasteiger partial charge is 0.497 e. The lowest BCUT2D eigenvalue weighted by molar-refractivity contribution is -0.122. The maximum atomic E-state index is 12.1. The first kappa shape index (κ1) is 14.6. The number of methoxy groups -OCH3 is 1. The molecule has 1 aromatic carbocycles. The molecule has 2 saturated carbocycles. The van der Waals surface area contributed by atoms with Gasteiger partial charge in [0.2, 0.25) is 5.91 Å². The topological polar surface area (TPSA) is 43.3 Å². The van der Waals surface area contributed by atoms with Crippen LogP contribution in [0.4, 0.5) is 0 Å². The van der Waals surface area contributed by atoms with E-state index in [4.69, 9.17) is 4.74 Å². The van der Waals surface area contributed by atoms with Crippen molar-refractivity contribution in [3.05, 3.63) is 30.0 Å². The highest BCUT2D eigenvalue weighted by molar-refractivity contribution is 5.87. The summed E-state index contributed by atoms with van der Waals surface area (Å²) in [7, 11) is 3.80. The van der Waals surface area contributed by atoms with Crippen molar-refractivity contribution in [3.63, 3.8) is 0 Å². The number of nitrogens with one attached hydrogen (secondary N) is 1. The summed E-state index contributed by atoms with van der Waals surface area (Å²) in [4.78, 5) is 12.1. The lowest BCUT2D eigenvalue weighted by Crippen LogP contribution is -2.45. The van der Waals surface area contributed by atoms with E-state index in [0.717, 1.165) is 38.0 Å². The number of benzene rings is 1. The third kappa shape index (κ3) is 2.41. The minimum absolute atomic E-state index is 0.0937. The number of aromatic nitrogens is 1. The molecule has 23 heavy (non-hydrogen) atoms. The normalized spacial score (nSPS) is 19.4. The molecule has 1 heterocycles. The van der Waals surface area contributed by atoms with Crippen LogP contribution in [0.2, 0.25) is 0 Å². The summed E-state index contributed by atoms with van der Waals surface area (Å²) in [5.41, 5.74) is 2.67. The zero-order valence-electron chi connectivity index (χ0n) is 13.9. The highest BCUT2D eigenvalue weighted by Gasteiger charge is 2.42. The first-order valence-corrected chi connectivity index (χ1v) is 8.54. The van der Waals surface area contributed by atoms with E-state index in [1.165, 1.54) is 22.9 Å². The van der Waals surface area contributed by atoms with Gasteiger partial charge in [0, 0.05) is 42.0 Å². The van der Waals surface area contributed by atoms with Gasteiger partial charge in [-0.15, -0.1) is 0 Å². The van der Waals surface area contributed by atoms with Crippen LogP contribution < -0.4 is 10.1 Å². The number of carbonyl (C=O) groups is 1. The van der Waals surface area contributed by atoms with E-state index in [1.54, 1.807) is 7.11 Å². The lowest BCUT2D eigenvalue weighted by Gasteiger charge is -2.42. The Morgan fingerprint density at radius 1 is 1.39 bits per heavy atom. The molecule has 2 fully saturated rings. The Morgan fingerprint density at radius 2 is 2.17 bits per heavy atom. The van der Waals surface area contributed by atoms with Crippen LogP contribution in [0.25, 0.3) is 10.9 Å². The van der Waals surface area contributed by atoms with E-state index < -0.39 is 0 Å². The van der Waals surface area contributed by atoms with Gasteiger partial charge in [0.05, 0.1) is 7.11 Å². The van der Waals surface area contributed by atoms with Crippen LogP contribution in [-0.4, -0.2) is 24.1 Å². The van der Waals surface area contributed by atoms with Crippen molar-refractivity contribution < 1.29 is 9.53 Å². The van der Waals surface area contributed by atoms with E-state index in [0.29, 0.717) is 0 Å². The average Bonchev–Trinajstić information content (AvgIpc) is 3.32. The molecule has 1 aromatic heterocycles. The summed E-state index contributed by atoms with van der Waals surface area (Å²) < 4.78 is 7.60. The molecule has 0 unspecified atom stereocenters. The number of hydrogen-bond acceptors (Lipinski definition) is 2. The summed E-state index contributed by atoms with van der Waals surface area (Å²) >= 11 is 0. The molecule has 0 bridgehead atoms. The Morgan fingerprint density at radius 3 is 2.78 bits per heavy atom. The minimum atomic E-state index is 0.0937.